The predicted molar refractivity (Wildman–Crippen MR) is 332 cm³/mol. The zero-order valence-electron chi connectivity index (χ0n) is 44.1. The first kappa shape index (κ1) is 49.7. The Balaban J connectivity index is 0.950. The Morgan fingerprint density at radius 2 is 0.488 bits per heavy atom. The molecule has 0 atom stereocenters. The summed E-state index contributed by atoms with van der Waals surface area (Å²) in [4.78, 5) is 3.73. The summed E-state index contributed by atoms with van der Waals surface area (Å²) in [7, 11) is 0. The third-order valence-corrected chi connectivity index (χ3v) is 15.6. The molecule has 14 aromatic carbocycles. The second-order valence-corrected chi connectivity index (χ2v) is 20.6. The highest BCUT2D eigenvalue weighted by Crippen LogP contribution is 2.50. The molecular formula is C76H48F4N2. The average Bonchev–Trinajstić information content (AvgIpc) is 3.70. The SMILES string of the molecule is Fc1cc(F)c(N(c2ccccc2)c2ccc3ccc4c(N(c5ccccc5)c5cc(-c6cc(-c7ccccc7)cc(-c7ccccc7)c6)c(F)cc5F)ccc5ccc2c3c54)cc1-c1cc(-c2ccccc2)cc(-c2ccccc2)c1. The van der Waals surface area contributed by atoms with Crippen LogP contribution in [-0.4, -0.2) is 0 Å². The van der Waals surface area contributed by atoms with E-state index in [0.29, 0.717) is 33.9 Å². The summed E-state index contributed by atoms with van der Waals surface area (Å²) >= 11 is 0. The van der Waals surface area contributed by atoms with Crippen LogP contribution in [0.1, 0.15) is 0 Å². The molecule has 0 aliphatic carbocycles. The van der Waals surface area contributed by atoms with Crippen LogP contribution >= 0.6 is 0 Å². The van der Waals surface area contributed by atoms with E-state index in [0.717, 1.165) is 89.0 Å². The van der Waals surface area contributed by atoms with E-state index < -0.39 is 23.3 Å². The third-order valence-electron chi connectivity index (χ3n) is 15.6. The molecule has 0 saturated heterocycles. The van der Waals surface area contributed by atoms with E-state index in [1.54, 1.807) is 12.1 Å². The molecule has 0 saturated carbocycles. The minimum absolute atomic E-state index is 0.160. The van der Waals surface area contributed by atoms with Gasteiger partial charge >= 0.3 is 0 Å². The molecule has 0 aromatic heterocycles. The molecule has 0 aliphatic heterocycles. The van der Waals surface area contributed by atoms with Gasteiger partial charge in [-0.2, -0.15) is 0 Å². The number of benzene rings is 14. The van der Waals surface area contributed by atoms with Crippen LogP contribution in [0, 0.1) is 23.3 Å². The third kappa shape index (κ3) is 9.06. The van der Waals surface area contributed by atoms with E-state index >= 15 is 17.6 Å². The van der Waals surface area contributed by atoms with Gasteiger partial charge in [0, 0.05) is 45.4 Å². The number of anilines is 6. The fourth-order valence-electron chi connectivity index (χ4n) is 11.7. The smallest absolute Gasteiger partial charge is 0.150 e. The van der Waals surface area contributed by atoms with Crippen molar-refractivity contribution in [2.24, 2.45) is 0 Å². The summed E-state index contributed by atoms with van der Waals surface area (Å²) < 4.78 is 67.8. The molecule has 6 heteroatoms. The number of hydrogen-bond acceptors (Lipinski definition) is 2. The molecule has 0 aliphatic rings. The number of para-hydroxylation sites is 2. The average molecular weight is 1070 g/mol. The first-order chi connectivity index (χ1) is 40.3. The van der Waals surface area contributed by atoms with Crippen molar-refractivity contribution >= 4 is 66.4 Å². The fourth-order valence-corrected chi connectivity index (χ4v) is 11.7. The molecule has 0 radical (unpaired) electrons. The van der Waals surface area contributed by atoms with E-state index in [1.165, 1.54) is 0 Å². The van der Waals surface area contributed by atoms with Crippen molar-refractivity contribution in [1.29, 1.82) is 0 Å². The summed E-state index contributed by atoms with van der Waals surface area (Å²) in [5.74, 6) is -2.84. The largest absolute Gasteiger partial charge is 0.307 e. The van der Waals surface area contributed by atoms with Crippen LogP contribution in [0.3, 0.4) is 0 Å². The maximum absolute atomic E-state index is 17.2. The molecule has 14 aromatic rings. The van der Waals surface area contributed by atoms with Crippen molar-refractivity contribution in [2.45, 2.75) is 0 Å². The second kappa shape index (κ2) is 20.9. The van der Waals surface area contributed by atoms with E-state index in [-0.39, 0.29) is 22.5 Å². The molecule has 82 heavy (non-hydrogen) atoms. The standard InChI is InChI=1S/C76H48F4N2/c77-67-47-69(79)73(45-65(67)59-41-55(49-19-7-1-8-20-49)39-56(42-59)50-21-9-2-10-22-50)81(61-27-15-5-16-28-61)71-37-33-53-32-36-64-72(38-34-54-31-35-63(71)75(53)76(54)64)82(62-29-17-6-18-30-62)74-46-66(68(78)48-70(74)80)60-43-57(51-23-11-3-12-24-51)40-58(44-60)52-25-13-4-14-26-52/h1-48H. The van der Waals surface area contributed by atoms with E-state index in [4.69, 9.17) is 0 Å². The van der Waals surface area contributed by atoms with Gasteiger partial charge in [0.15, 0.2) is 0 Å². The maximum Gasteiger partial charge on any atom is 0.150 e. The van der Waals surface area contributed by atoms with Crippen LogP contribution in [0.25, 0.3) is 99.1 Å². The molecule has 390 valence electrons. The molecule has 2 nitrogen and oxygen atoms in total. The topological polar surface area (TPSA) is 6.48 Å². The minimum atomic E-state index is -0.733. The lowest BCUT2D eigenvalue weighted by atomic mass is 9.91. The normalized spacial score (nSPS) is 11.4. The summed E-state index contributed by atoms with van der Waals surface area (Å²) in [6, 6.07) is 92.6. The van der Waals surface area contributed by atoms with Crippen molar-refractivity contribution in [3.05, 3.63) is 314 Å². The highest BCUT2D eigenvalue weighted by molar-refractivity contribution is 6.28. The Morgan fingerprint density at radius 1 is 0.207 bits per heavy atom. The van der Waals surface area contributed by atoms with E-state index in [1.807, 2.05) is 240 Å². The first-order valence-electron chi connectivity index (χ1n) is 27.2. The Bertz CT molecular complexity index is 4240. The highest BCUT2D eigenvalue weighted by atomic mass is 19.1. The Hall–Kier alpha value is -10.6. The fraction of sp³-hybridized carbons (Fsp3) is 0. The summed E-state index contributed by atoms with van der Waals surface area (Å²) in [5.41, 5.74) is 12.1. The number of rotatable bonds is 12. The van der Waals surface area contributed by atoms with Gasteiger partial charge < -0.3 is 9.80 Å². The molecule has 14 rings (SSSR count). The molecule has 0 unspecified atom stereocenters. The van der Waals surface area contributed by atoms with Crippen molar-refractivity contribution in [3.8, 4) is 66.8 Å². The quantitative estimate of drug-likeness (QED) is 0.0889. The number of nitrogens with zero attached hydrogens (tertiary/aromatic N) is 2. The molecule has 0 amide bonds. The van der Waals surface area contributed by atoms with Crippen LogP contribution in [-0.2, 0) is 0 Å². The summed E-state index contributed by atoms with van der Waals surface area (Å²) in [5, 5.41) is 5.30. The van der Waals surface area contributed by atoms with Gasteiger partial charge in [-0.25, -0.2) is 17.6 Å². The monoisotopic (exact) mass is 1060 g/mol. The molecule has 0 spiro atoms. The van der Waals surface area contributed by atoms with Gasteiger partial charge in [-0.05, 0) is 162 Å². The zero-order valence-corrected chi connectivity index (χ0v) is 44.1. The first-order valence-corrected chi connectivity index (χ1v) is 27.2. The van der Waals surface area contributed by atoms with Crippen molar-refractivity contribution < 1.29 is 17.6 Å². The molecule has 0 N–H and O–H groups in total. The van der Waals surface area contributed by atoms with Gasteiger partial charge in [-0.1, -0.05) is 194 Å². The van der Waals surface area contributed by atoms with Crippen molar-refractivity contribution in [3.63, 3.8) is 0 Å². The van der Waals surface area contributed by atoms with E-state index in [9.17, 15) is 0 Å². The minimum Gasteiger partial charge on any atom is -0.307 e. The second-order valence-electron chi connectivity index (χ2n) is 20.6. The predicted octanol–water partition coefficient (Wildman–Crippen LogP) is 22.1. The van der Waals surface area contributed by atoms with Gasteiger partial charge in [-0.3, -0.25) is 0 Å². The Morgan fingerprint density at radius 3 is 0.805 bits per heavy atom. The van der Waals surface area contributed by atoms with Crippen molar-refractivity contribution in [1.82, 2.24) is 0 Å². The summed E-state index contributed by atoms with van der Waals surface area (Å²) in [6.07, 6.45) is 0. The molecule has 0 heterocycles. The molecular weight excluding hydrogens is 1020 g/mol. The highest BCUT2D eigenvalue weighted by Gasteiger charge is 2.27. The lowest BCUT2D eigenvalue weighted by Gasteiger charge is -2.30. The van der Waals surface area contributed by atoms with Crippen molar-refractivity contribution in [2.75, 3.05) is 9.80 Å². The van der Waals surface area contributed by atoms with Gasteiger partial charge in [0.25, 0.3) is 0 Å². The van der Waals surface area contributed by atoms with Crippen LogP contribution < -0.4 is 9.80 Å². The van der Waals surface area contributed by atoms with Gasteiger partial charge in [0.05, 0.1) is 22.7 Å². The maximum atomic E-state index is 17.2. The number of halogens is 4. The van der Waals surface area contributed by atoms with Crippen LogP contribution in [0.5, 0.6) is 0 Å². The van der Waals surface area contributed by atoms with Crippen LogP contribution in [0.2, 0.25) is 0 Å². The molecule has 0 bridgehead atoms. The lowest BCUT2D eigenvalue weighted by molar-refractivity contribution is 0.586. The lowest BCUT2D eigenvalue weighted by Crippen LogP contribution is -2.14. The van der Waals surface area contributed by atoms with Crippen LogP contribution in [0.15, 0.2) is 291 Å². The van der Waals surface area contributed by atoms with Gasteiger partial charge in [-0.15, -0.1) is 0 Å². The van der Waals surface area contributed by atoms with E-state index in [2.05, 4.69) is 36.4 Å². The van der Waals surface area contributed by atoms with Gasteiger partial charge in [0.2, 0.25) is 0 Å². The Labute approximate surface area is 472 Å². The molecule has 0 fully saturated rings. The van der Waals surface area contributed by atoms with Gasteiger partial charge in [0.1, 0.15) is 23.3 Å². The Kier molecular flexibility index (Phi) is 12.7. The van der Waals surface area contributed by atoms with Crippen LogP contribution in [0.4, 0.5) is 51.7 Å². The summed E-state index contributed by atoms with van der Waals surface area (Å²) in [6.45, 7) is 0. The number of hydrogen-bond donors (Lipinski definition) is 0. The zero-order chi connectivity index (χ0) is 55.3.